The molecule has 0 aliphatic carbocycles. The van der Waals surface area contributed by atoms with E-state index in [9.17, 15) is 4.79 Å². The third-order valence-electron chi connectivity index (χ3n) is 3.92. The summed E-state index contributed by atoms with van der Waals surface area (Å²) in [6.45, 7) is 0. The number of rotatable bonds is 6. The Bertz CT molecular complexity index is 926. The SMILES string of the molecule is COc1cc2[nH]c(C(=O)/C=C/c3ccccc3)cc2c(OC)c1OC. The maximum atomic E-state index is 12.5. The Balaban J connectivity index is 2.00. The third-order valence-corrected chi connectivity index (χ3v) is 3.92. The molecule has 0 saturated carbocycles. The van der Waals surface area contributed by atoms with Crippen LogP contribution in [0.5, 0.6) is 17.2 Å². The number of methoxy groups -OCH3 is 3. The smallest absolute Gasteiger partial charge is 0.204 e. The molecule has 0 saturated heterocycles. The highest BCUT2D eigenvalue weighted by molar-refractivity contribution is 6.09. The van der Waals surface area contributed by atoms with Crippen molar-refractivity contribution in [1.29, 1.82) is 0 Å². The van der Waals surface area contributed by atoms with Gasteiger partial charge < -0.3 is 19.2 Å². The molecule has 1 N–H and O–H groups in total. The standard InChI is InChI=1S/C20H19NO4/c1-23-18-12-15-14(19(24-2)20(18)25-3)11-16(21-15)17(22)10-9-13-7-5-4-6-8-13/h4-12,21H,1-3H3/b10-9+. The van der Waals surface area contributed by atoms with Gasteiger partial charge in [-0.05, 0) is 17.7 Å². The quantitative estimate of drug-likeness (QED) is 0.544. The van der Waals surface area contributed by atoms with Crippen LogP contribution in [-0.4, -0.2) is 32.1 Å². The van der Waals surface area contributed by atoms with Crippen molar-refractivity contribution in [3.8, 4) is 17.2 Å². The van der Waals surface area contributed by atoms with Crippen molar-refractivity contribution in [2.75, 3.05) is 21.3 Å². The Morgan fingerprint density at radius 2 is 1.68 bits per heavy atom. The molecule has 0 atom stereocenters. The second-order valence-corrected chi connectivity index (χ2v) is 5.40. The minimum Gasteiger partial charge on any atom is -0.493 e. The number of hydrogen-bond donors (Lipinski definition) is 1. The predicted octanol–water partition coefficient (Wildman–Crippen LogP) is 4.09. The number of aromatic amines is 1. The van der Waals surface area contributed by atoms with Gasteiger partial charge in [-0.3, -0.25) is 4.79 Å². The van der Waals surface area contributed by atoms with E-state index in [0.717, 1.165) is 16.5 Å². The number of carbonyl (C=O) groups is 1. The summed E-state index contributed by atoms with van der Waals surface area (Å²) in [5, 5.41) is 0.761. The molecule has 5 nitrogen and oxygen atoms in total. The van der Waals surface area contributed by atoms with Crippen molar-refractivity contribution in [3.05, 3.63) is 59.8 Å². The molecule has 0 aliphatic rings. The average molecular weight is 337 g/mol. The van der Waals surface area contributed by atoms with Crippen LogP contribution in [0, 0.1) is 0 Å². The van der Waals surface area contributed by atoms with E-state index < -0.39 is 0 Å². The molecule has 0 fully saturated rings. The second kappa shape index (κ2) is 7.13. The van der Waals surface area contributed by atoms with Gasteiger partial charge in [-0.2, -0.15) is 0 Å². The minimum atomic E-state index is -0.125. The van der Waals surface area contributed by atoms with Crippen LogP contribution < -0.4 is 14.2 Å². The molecule has 3 aromatic rings. The van der Waals surface area contributed by atoms with Crippen LogP contribution in [0.3, 0.4) is 0 Å². The molecule has 128 valence electrons. The van der Waals surface area contributed by atoms with Gasteiger partial charge in [0, 0.05) is 11.5 Å². The lowest BCUT2D eigenvalue weighted by molar-refractivity contribution is 0.104. The van der Waals surface area contributed by atoms with E-state index in [0.29, 0.717) is 22.9 Å². The molecular formula is C20H19NO4. The summed E-state index contributed by atoms with van der Waals surface area (Å²) in [7, 11) is 4.66. The topological polar surface area (TPSA) is 60.6 Å². The van der Waals surface area contributed by atoms with Crippen molar-refractivity contribution in [2.45, 2.75) is 0 Å². The minimum absolute atomic E-state index is 0.125. The molecule has 25 heavy (non-hydrogen) atoms. The molecule has 2 aromatic carbocycles. The first-order valence-corrected chi connectivity index (χ1v) is 7.77. The number of H-pyrrole nitrogens is 1. The third kappa shape index (κ3) is 3.21. The zero-order valence-corrected chi connectivity index (χ0v) is 14.3. The first-order valence-electron chi connectivity index (χ1n) is 7.77. The van der Waals surface area contributed by atoms with Crippen molar-refractivity contribution >= 4 is 22.8 Å². The summed E-state index contributed by atoms with van der Waals surface area (Å²) in [5.41, 5.74) is 2.18. The van der Waals surface area contributed by atoms with Gasteiger partial charge in [-0.1, -0.05) is 36.4 Å². The summed E-state index contributed by atoms with van der Waals surface area (Å²) in [6.07, 6.45) is 3.33. The Labute approximate surface area is 145 Å². The first kappa shape index (κ1) is 16.6. The van der Waals surface area contributed by atoms with Gasteiger partial charge in [-0.25, -0.2) is 0 Å². The van der Waals surface area contributed by atoms with E-state index in [4.69, 9.17) is 14.2 Å². The van der Waals surface area contributed by atoms with E-state index in [1.165, 1.54) is 0 Å². The van der Waals surface area contributed by atoms with Crippen molar-refractivity contribution in [1.82, 2.24) is 4.98 Å². The lowest BCUT2D eigenvalue weighted by Gasteiger charge is -2.12. The van der Waals surface area contributed by atoms with Crippen molar-refractivity contribution in [3.63, 3.8) is 0 Å². The monoisotopic (exact) mass is 337 g/mol. The van der Waals surface area contributed by atoms with Gasteiger partial charge in [0.2, 0.25) is 11.5 Å². The summed E-state index contributed by atoms with van der Waals surface area (Å²) >= 11 is 0. The molecule has 0 bridgehead atoms. The van der Waals surface area contributed by atoms with Crippen LogP contribution in [0.2, 0.25) is 0 Å². The van der Waals surface area contributed by atoms with Crippen LogP contribution in [0.1, 0.15) is 16.1 Å². The van der Waals surface area contributed by atoms with Gasteiger partial charge in [0.25, 0.3) is 0 Å². The highest BCUT2D eigenvalue weighted by atomic mass is 16.5. The zero-order chi connectivity index (χ0) is 17.8. The van der Waals surface area contributed by atoms with Gasteiger partial charge >= 0.3 is 0 Å². The van der Waals surface area contributed by atoms with E-state index in [-0.39, 0.29) is 5.78 Å². The van der Waals surface area contributed by atoms with Crippen LogP contribution in [0.4, 0.5) is 0 Å². The lowest BCUT2D eigenvalue weighted by atomic mass is 10.1. The first-order chi connectivity index (χ1) is 12.2. The van der Waals surface area contributed by atoms with Crippen molar-refractivity contribution in [2.24, 2.45) is 0 Å². The molecule has 0 unspecified atom stereocenters. The van der Waals surface area contributed by atoms with Gasteiger partial charge in [0.1, 0.15) is 0 Å². The number of nitrogens with one attached hydrogen (secondary N) is 1. The van der Waals surface area contributed by atoms with Gasteiger partial charge in [0.15, 0.2) is 11.5 Å². The normalized spacial score (nSPS) is 11.0. The zero-order valence-electron chi connectivity index (χ0n) is 14.3. The van der Waals surface area contributed by atoms with E-state index in [1.807, 2.05) is 30.3 Å². The maximum absolute atomic E-state index is 12.5. The molecule has 0 radical (unpaired) electrons. The Morgan fingerprint density at radius 3 is 2.32 bits per heavy atom. The number of fused-ring (bicyclic) bond motifs is 1. The number of allylic oxidation sites excluding steroid dienone is 1. The summed E-state index contributed by atoms with van der Waals surface area (Å²) < 4.78 is 16.2. The number of ketones is 1. The van der Waals surface area contributed by atoms with Crippen LogP contribution in [0.25, 0.3) is 17.0 Å². The fourth-order valence-corrected chi connectivity index (χ4v) is 2.71. The van der Waals surface area contributed by atoms with E-state index >= 15 is 0 Å². The molecule has 5 heteroatoms. The lowest BCUT2D eigenvalue weighted by Crippen LogP contribution is -1.95. The molecule has 0 spiro atoms. The maximum Gasteiger partial charge on any atom is 0.204 e. The fraction of sp³-hybridized carbons (Fsp3) is 0.150. The van der Waals surface area contributed by atoms with Gasteiger partial charge in [-0.15, -0.1) is 0 Å². The van der Waals surface area contributed by atoms with Crippen molar-refractivity contribution < 1.29 is 19.0 Å². The van der Waals surface area contributed by atoms with Crippen LogP contribution >= 0.6 is 0 Å². The average Bonchev–Trinajstić information content (AvgIpc) is 3.09. The summed E-state index contributed by atoms with van der Waals surface area (Å²) in [4.78, 5) is 15.6. The number of benzene rings is 2. The number of carbonyl (C=O) groups excluding carboxylic acids is 1. The number of aromatic nitrogens is 1. The fourth-order valence-electron chi connectivity index (χ4n) is 2.71. The number of ether oxygens (including phenoxy) is 3. The second-order valence-electron chi connectivity index (χ2n) is 5.40. The highest BCUT2D eigenvalue weighted by Gasteiger charge is 2.19. The number of hydrogen-bond acceptors (Lipinski definition) is 4. The predicted molar refractivity (Wildman–Crippen MR) is 97.8 cm³/mol. The summed E-state index contributed by atoms with van der Waals surface area (Å²) in [6, 6.07) is 13.2. The van der Waals surface area contributed by atoms with E-state index in [1.54, 1.807) is 45.6 Å². The molecule has 0 amide bonds. The Morgan fingerprint density at radius 1 is 0.960 bits per heavy atom. The van der Waals surface area contributed by atoms with Crippen LogP contribution in [0.15, 0.2) is 48.5 Å². The van der Waals surface area contributed by atoms with Crippen LogP contribution in [-0.2, 0) is 0 Å². The van der Waals surface area contributed by atoms with E-state index in [2.05, 4.69) is 4.98 Å². The Hall–Kier alpha value is -3.21. The molecular weight excluding hydrogens is 318 g/mol. The largest absolute Gasteiger partial charge is 0.493 e. The molecule has 1 heterocycles. The molecule has 3 rings (SSSR count). The highest BCUT2D eigenvalue weighted by Crippen LogP contribution is 2.43. The summed E-state index contributed by atoms with van der Waals surface area (Å²) in [5.74, 6) is 1.43. The molecule has 1 aromatic heterocycles. The van der Waals surface area contributed by atoms with Gasteiger partial charge in [0.05, 0.1) is 32.5 Å². The molecule has 0 aliphatic heterocycles. The Kier molecular flexibility index (Phi) is 4.75.